The number of hydrogen-bond donors (Lipinski definition) is 2. The summed E-state index contributed by atoms with van der Waals surface area (Å²) in [6.45, 7) is 4.88. The van der Waals surface area contributed by atoms with Crippen LogP contribution >= 0.6 is 0 Å². The number of primary amides is 1. The van der Waals surface area contributed by atoms with E-state index in [1.807, 2.05) is 49.4 Å². The number of nitrogens with two attached hydrogens (primary N) is 1. The number of nitrogens with zero attached hydrogens (tertiary/aromatic N) is 1. The second-order valence-electron chi connectivity index (χ2n) is 6.83. The van der Waals surface area contributed by atoms with E-state index in [9.17, 15) is 9.90 Å². The lowest BCUT2D eigenvalue weighted by Crippen LogP contribution is -2.13. The Kier molecular flexibility index (Phi) is 5.65. The third kappa shape index (κ3) is 3.90. The molecule has 1 heterocycles. The number of phenols is 1. The first-order valence-corrected chi connectivity index (χ1v) is 9.38. The van der Waals surface area contributed by atoms with Crippen LogP contribution in [0.3, 0.4) is 0 Å². The summed E-state index contributed by atoms with van der Waals surface area (Å²) in [4.78, 5) is 12.3. The van der Waals surface area contributed by atoms with Crippen molar-refractivity contribution >= 4 is 5.91 Å². The van der Waals surface area contributed by atoms with E-state index in [-0.39, 0.29) is 11.7 Å². The van der Waals surface area contributed by atoms with Crippen molar-refractivity contribution in [1.29, 1.82) is 0 Å². The van der Waals surface area contributed by atoms with Crippen LogP contribution in [-0.2, 0) is 19.4 Å². The van der Waals surface area contributed by atoms with Crippen molar-refractivity contribution in [3.05, 3.63) is 77.1 Å². The molecule has 1 aromatic heterocycles. The number of benzene rings is 2. The number of hydrogen-bond acceptors (Lipinski definition) is 2. The summed E-state index contributed by atoms with van der Waals surface area (Å²) in [6.07, 6.45) is 2.69. The Labute approximate surface area is 160 Å². The Morgan fingerprint density at radius 2 is 1.70 bits per heavy atom. The van der Waals surface area contributed by atoms with E-state index in [1.165, 1.54) is 0 Å². The summed E-state index contributed by atoms with van der Waals surface area (Å²) >= 11 is 0. The molecule has 3 aromatic rings. The first-order valence-electron chi connectivity index (χ1n) is 9.38. The average Bonchev–Trinajstić information content (AvgIpc) is 2.94. The molecular formula is C23H26N2O2. The van der Waals surface area contributed by atoms with Crippen LogP contribution in [0.2, 0.25) is 0 Å². The molecule has 0 unspecified atom stereocenters. The second kappa shape index (κ2) is 8.12. The number of aromatic hydroxyl groups is 1. The van der Waals surface area contributed by atoms with Crippen molar-refractivity contribution in [3.63, 3.8) is 0 Å². The molecule has 0 atom stereocenters. The molecular weight excluding hydrogens is 336 g/mol. The first kappa shape index (κ1) is 18.8. The van der Waals surface area contributed by atoms with Gasteiger partial charge in [0.1, 0.15) is 5.75 Å². The van der Waals surface area contributed by atoms with E-state index in [0.717, 1.165) is 53.9 Å². The van der Waals surface area contributed by atoms with Crippen LogP contribution in [0.1, 0.15) is 40.7 Å². The monoisotopic (exact) mass is 362 g/mol. The largest absolute Gasteiger partial charge is 0.508 e. The van der Waals surface area contributed by atoms with Gasteiger partial charge in [0.15, 0.2) is 0 Å². The molecule has 0 saturated heterocycles. The maximum Gasteiger partial charge on any atom is 0.251 e. The molecule has 0 aliphatic carbocycles. The summed E-state index contributed by atoms with van der Waals surface area (Å²) in [6, 6.07) is 17.3. The Bertz CT molecular complexity index is 925. The summed E-state index contributed by atoms with van der Waals surface area (Å²) in [7, 11) is 0. The highest BCUT2D eigenvalue weighted by molar-refractivity contribution is 6.02. The molecule has 1 amide bonds. The number of aryl methyl sites for hydroxylation is 1. The molecule has 3 N–H and O–H groups in total. The molecule has 3 rings (SSSR count). The maximum absolute atomic E-state index is 12.3. The fourth-order valence-corrected chi connectivity index (χ4v) is 3.72. The van der Waals surface area contributed by atoms with Crippen LogP contribution < -0.4 is 5.73 Å². The summed E-state index contributed by atoms with van der Waals surface area (Å²) in [5, 5.41) is 9.47. The summed E-state index contributed by atoms with van der Waals surface area (Å²) in [5.41, 5.74) is 11.6. The molecule has 0 spiro atoms. The zero-order chi connectivity index (χ0) is 19.4. The molecule has 27 heavy (non-hydrogen) atoms. The van der Waals surface area contributed by atoms with Gasteiger partial charge in [-0.3, -0.25) is 4.79 Å². The van der Waals surface area contributed by atoms with Gasteiger partial charge in [-0.2, -0.15) is 0 Å². The maximum atomic E-state index is 12.3. The van der Waals surface area contributed by atoms with E-state index in [0.29, 0.717) is 5.56 Å². The van der Waals surface area contributed by atoms with Gasteiger partial charge in [0.05, 0.1) is 5.56 Å². The highest BCUT2D eigenvalue weighted by Gasteiger charge is 2.24. The second-order valence-corrected chi connectivity index (χ2v) is 6.83. The van der Waals surface area contributed by atoms with Gasteiger partial charge < -0.3 is 15.4 Å². The van der Waals surface area contributed by atoms with Gasteiger partial charge in [-0.15, -0.1) is 0 Å². The van der Waals surface area contributed by atoms with Gasteiger partial charge in [0, 0.05) is 23.5 Å². The van der Waals surface area contributed by atoms with Crippen LogP contribution in [-0.4, -0.2) is 15.6 Å². The molecule has 4 nitrogen and oxygen atoms in total. The molecule has 0 aliphatic rings. The molecule has 0 fully saturated rings. The zero-order valence-corrected chi connectivity index (χ0v) is 15.9. The van der Waals surface area contributed by atoms with Crippen LogP contribution in [0, 0.1) is 6.92 Å². The van der Waals surface area contributed by atoms with Crippen molar-refractivity contribution in [3.8, 4) is 16.9 Å². The predicted molar refractivity (Wildman–Crippen MR) is 109 cm³/mol. The SMILES string of the molecule is CCCc1c(-c2ccccc2)c(C(N)=O)c(C)n1CCc1ccc(O)cc1. The van der Waals surface area contributed by atoms with Crippen LogP contribution in [0.5, 0.6) is 5.75 Å². The van der Waals surface area contributed by atoms with E-state index in [2.05, 4.69) is 11.5 Å². The molecule has 0 radical (unpaired) electrons. The molecule has 0 bridgehead atoms. The van der Waals surface area contributed by atoms with Crippen molar-refractivity contribution in [1.82, 2.24) is 4.57 Å². The minimum absolute atomic E-state index is 0.268. The van der Waals surface area contributed by atoms with E-state index < -0.39 is 0 Å². The highest BCUT2D eigenvalue weighted by atomic mass is 16.3. The van der Waals surface area contributed by atoms with E-state index in [4.69, 9.17) is 5.73 Å². The lowest BCUT2D eigenvalue weighted by Gasteiger charge is -2.13. The Balaban J connectivity index is 2.07. The topological polar surface area (TPSA) is 68.2 Å². The fourth-order valence-electron chi connectivity index (χ4n) is 3.72. The minimum atomic E-state index is -0.382. The highest BCUT2D eigenvalue weighted by Crippen LogP contribution is 2.33. The lowest BCUT2D eigenvalue weighted by molar-refractivity contribution is 0.1000. The Morgan fingerprint density at radius 3 is 2.30 bits per heavy atom. The molecule has 2 aromatic carbocycles. The predicted octanol–water partition coefficient (Wildman–Crippen LogP) is 4.46. The summed E-state index contributed by atoms with van der Waals surface area (Å²) in [5.74, 6) is -0.114. The molecule has 0 saturated carbocycles. The van der Waals surface area contributed by atoms with Crippen molar-refractivity contribution in [2.75, 3.05) is 0 Å². The van der Waals surface area contributed by atoms with Gasteiger partial charge in [-0.1, -0.05) is 55.8 Å². The minimum Gasteiger partial charge on any atom is -0.508 e. The number of rotatable bonds is 7. The normalized spacial score (nSPS) is 10.9. The fraction of sp³-hybridized carbons (Fsp3) is 0.261. The molecule has 4 heteroatoms. The number of carbonyl (C=O) groups excluding carboxylic acids is 1. The van der Waals surface area contributed by atoms with Gasteiger partial charge in [0.25, 0.3) is 5.91 Å². The van der Waals surface area contributed by atoms with Crippen LogP contribution in [0.15, 0.2) is 54.6 Å². The molecule has 0 aliphatic heterocycles. The van der Waals surface area contributed by atoms with Gasteiger partial charge in [-0.25, -0.2) is 0 Å². The van der Waals surface area contributed by atoms with E-state index >= 15 is 0 Å². The molecule has 140 valence electrons. The standard InChI is InChI=1S/C23H26N2O2/c1-3-7-20-22(18-8-5-4-6-9-18)21(23(24)27)16(2)25(20)15-14-17-10-12-19(26)13-11-17/h4-6,8-13,26H,3,7,14-15H2,1-2H3,(H2,24,27). The van der Waals surface area contributed by atoms with Crippen molar-refractivity contribution < 1.29 is 9.90 Å². The quantitative estimate of drug-likeness (QED) is 0.651. The van der Waals surface area contributed by atoms with Gasteiger partial charge >= 0.3 is 0 Å². The van der Waals surface area contributed by atoms with Crippen LogP contribution in [0.4, 0.5) is 0 Å². The number of aromatic nitrogens is 1. The third-order valence-corrected chi connectivity index (χ3v) is 4.99. The van der Waals surface area contributed by atoms with Crippen molar-refractivity contribution in [2.45, 2.75) is 39.7 Å². The number of amides is 1. The average molecular weight is 362 g/mol. The van der Waals surface area contributed by atoms with E-state index in [1.54, 1.807) is 12.1 Å². The van der Waals surface area contributed by atoms with Gasteiger partial charge in [0.2, 0.25) is 0 Å². The lowest BCUT2D eigenvalue weighted by atomic mass is 9.98. The number of phenolic OH excluding ortho intramolecular Hbond substituents is 1. The van der Waals surface area contributed by atoms with Crippen LogP contribution in [0.25, 0.3) is 11.1 Å². The third-order valence-electron chi connectivity index (χ3n) is 4.99. The Morgan fingerprint density at radius 1 is 1.04 bits per heavy atom. The smallest absolute Gasteiger partial charge is 0.251 e. The van der Waals surface area contributed by atoms with Gasteiger partial charge in [-0.05, 0) is 43.0 Å². The zero-order valence-electron chi connectivity index (χ0n) is 15.9. The summed E-state index contributed by atoms with van der Waals surface area (Å²) < 4.78 is 2.23. The van der Waals surface area contributed by atoms with Crippen molar-refractivity contribution in [2.24, 2.45) is 5.73 Å². The Hall–Kier alpha value is -3.01. The first-order chi connectivity index (χ1) is 13.0. The number of carbonyl (C=O) groups is 1.